The molecule has 2 fully saturated rings. The molecule has 5 rings (SSSR count). The number of ether oxygens (including phenoxy) is 1. The third-order valence-electron chi connectivity index (χ3n) is 7.04. The van der Waals surface area contributed by atoms with Crippen molar-refractivity contribution < 1.29 is 27.8 Å². The van der Waals surface area contributed by atoms with Gasteiger partial charge in [-0.2, -0.15) is 4.98 Å². The first kappa shape index (κ1) is 25.2. The second-order valence-corrected chi connectivity index (χ2v) is 9.53. The minimum absolute atomic E-state index is 0.00858. The van der Waals surface area contributed by atoms with Gasteiger partial charge in [-0.15, -0.1) is 0 Å². The Morgan fingerprint density at radius 2 is 1.86 bits per heavy atom. The molecule has 5 N–H and O–H groups in total. The molecule has 1 amide bonds. The van der Waals surface area contributed by atoms with Crippen LogP contribution < -0.4 is 16.4 Å². The fraction of sp³-hybridized carbons (Fsp3) is 0.500. The van der Waals surface area contributed by atoms with E-state index in [0.29, 0.717) is 74.4 Å². The Hall–Kier alpha value is -3.45. The Morgan fingerprint density at radius 3 is 2.54 bits per heavy atom. The highest BCUT2D eigenvalue weighted by Gasteiger charge is 2.30. The highest BCUT2D eigenvalue weighted by molar-refractivity contribution is 5.78. The van der Waals surface area contributed by atoms with Gasteiger partial charge in [-0.1, -0.05) is 0 Å². The van der Waals surface area contributed by atoms with Crippen molar-refractivity contribution in [3.05, 3.63) is 35.8 Å². The fourth-order valence-electron chi connectivity index (χ4n) is 5.11. The molecule has 10 nitrogen and oxygen atoms in total. The molecular weight excluding hydrogens is 491 g/mol. The van der Waals surface area contributed by atoms with Gasteiger partial charge in [-0.3, -0.25) is 9.36 Å². The molecule has 3 heterocycles. The van der Waals surface area contributed by atoms with E-state index >= 15 is 0 Å². The molecule has 37 heavy (non-hydrogen) atoms. The molecule has 0 radical (unpaired) electrons. The molecule has 0 spiro atoms. The van der Waals surface area contributed by atoms with Crippen molar-refractivity contribution in [3.63, 3.8) is 0 Å². The minimum atomic E-state index is -1.10. The van der Waals surface area contributed by atoms with E-state index in [4.69, 9.17) is 10.5 Å². The summed E-state index contributed by atoms with van der Waals surface area (Å²) in [4.78, 5) is 25.2. The number of hydrogen-bond acceptors (Lipinski definition) is 8. The zero-order valence-electron chi connectivity index (χ0n) is 20.0. The van der Waals surface area contributed by atoms with Gasteiger partial charge in [-0.05, 0) is 38.5 Å². The first-order chi connectivity index (χ1) is 17.8. The van der Waals surface area contributed by atoms with E-state index in [1.807, 2.05) is 0 Å². The van der Waals surface area contributed by atoms with Gasteiger partial charge in [0.1, 0.15) is 17.0 Å². The number of carbonyl (C=O) groups is 1. The maximum Gasteiger partial charge on any atom is 0.224 e. The number of benzene rings is 1. The number of primary amides is 1. The van der Waals surface area contributed by atoms with Crippen molar-refractivity contribution >= 4 is 34.7 Å². The summed E-state index contributed by atoms with van der Waals surface area (Å²) in [5, 5.41) is 15.4. The number of halogens is 3. The van der Waals surface area contributed by atoms with Crippen LogP contribution in [-0.4, -0.2) is 55.9 Å². The third kappa shape index (κ3) is 5.32. The predicted molar refractivity (Wildman–Crippen MR) is 129 cm³/mol. The standard InChI is InChI=1S/C24H28F3N7O3/c25-13-7-17(26)20(18(27)8-13)32-24-31-19-10-29-23(30-14-5-6-37-16(9-14)11-35)33-22(19)34(24)15-3-1-12(2-4-15)21(28)36/h7-8,10,12,14-16,35H,1-6,9,11H2,(H2,28,36)(H,31,32)(H,29,30,33)/t12-,14?,15+,16-/m0/s1. The molecule has 1 saturated heterocycles. The summed E-state index contributed by atoms with van der Waals surface area (Å²) in [5.74, 6) is -3.35. The van der Waals surface area contributed by atoms with E-state index in [0.717, 1.165) is 0 Å². The number of nitrogens with one attached hydrogen (secondary N) is 2. The summed E-state index contributed by atoms with van der Waals surface area (Å²) >= 11 is 0. The van der Waals surface area contributed by atoms with Crippen LogP contribution in [0.3, 0.4) is 0 Å². The number of imidazole rings is 1. The molecule has 1 aromatic carbocycles. The lowest BCUT2D eigenvalue weighted by Crippen LogP contribution is -2.36. The quantitative estimate of drug-likeness (QED) is 0.373. The van der Waals surface area contributed by atoms with Gasteiger partial charge in [0.25, 0.3) is 0 Å². The molecule has 1 unspecified atom stereocenters. The van der Waals surface area contributed by atoms with Gasteiger partial charge in [0.15, 0.2) is 17.3 Å². The molecule has 13 heteroatoms. The Bertz CT molecular complexity index is 1270. The van der Waals surface area contributed by atoms with Crippen LogP contribution in [0, 0.1) is 23.4 Å². The van der Waals surface area contributed by atoms with Crippen molar-refractivity contribution in [2.45, 2.75) is 56.7 Å². The van der Waals surface area contributed by atoms with Crippen molar-refractivity contribution in [1.29, 1.82) is 0 Å². The first-order valence-electron chi connectivity index (χ1n) is 12.3. The number of carbonyl (C=O) groups excluding carboxylic acids is 1. The lowest BCUT2D eigenvalue weighted by atomic mass is 9.85. The highest BCUT2D eigenvalue weighted by Crippen LogP contribution is 2.37. The topological polar surface area (TPSA) is 140 Å². The number of hydrogen-bond donors (Lipinski definition) is 4. The van der Waals surface area contributed by atoms with Crippen molar-refractivity contribution in [1.82, 2.24) is 19.5 Å². The summed E-state index contributed by atoms with van der Waals surface area (Å²) in [6.07, 6.45) is 4.81. The Balaban J connectivity index is 1.50. The molecule has 3 aromatic rings. The van der Waals surface area contributed by atoms with Crippen LogP contribution >= 0.6 is 0 Å². The molecule has 1 aliphatic carbocycles. The number of aliphatic hydroxyl groups is 1. The minimum Gasteiger partial charge on any atom is -0.394 e. The summed E-state index contributed by atoms with van der Waals surface area (Å²) in [5.41, 5.74) is 5.79. The lowest BCUT2D eigenvalue weighted by Gasteiger charge is -2.29. The third-order valence-corrected chi connectivity index (χ3v) is 7.04. The number of rotatable bonds is 7. The second-order valence-electron chi connectivity index (χ2n) is 9.53. The van der Waals surface area contributed by atoms with Crippen LogP contribution in [0.25, 0.3) is 11.2 Å². The Morgan fingerprint density at radius 1 is 1.14 bits per heavy atom. The first-order valence-corrected chi connectivity index (χ1v) is 12.3. The maximum atomic E-state index is 14.5. The molecule has 2 aromatic heterocycles. The van der Waals surface area contributed by atoms with Crippen molar-refractivity contribution in [2.75, 3.05) is 23.8 Å². The van der Waals surface area contributed by atoms with Gasteiger partial charge < -0.3 is 26.2 Å². The van der Waals surface area contributed by atoms with Crippen molar-refractivity contribution in [2.24, 2.45) is 11.7 Å². The van der Waals surface area contributed by atoms with Gasteiger partial charge >= 0.3 is 0 Å². The number of aromatic nitrogens is 4. The molecular formula is C24H28F3N7O3. The molecule has 1 saturated carbocycles. The molecule has 198 valence electrons. The van der Waals surface area contributed by atoms with E-state index in [1.165, 1.54) is 6.20 Å². The maximum absolute atomic E-state index is 14.5. The lowest BCUT2D eigenvalue weighted by molar-refractivity contribution is -0.122. The summed E-state index contributed by atoms with van der Waals surface area (Å²) in [7, 11) is 0. The summed E-state index contributed by atoms with van der Waals surface area (Å²) < 4.78 is 49.6. The Kier molecular flexibility index (Phi) is 7.15. The highest BCUT2D eigenvalue weighted by atomic mass is 19.1. The smallest absolute Gasteiger partial charge is 0.224 e. The largest absolute Gasteiger partial charge is 0.394 e. The number of amides is 1. The van der Waals surface area contributed by atoms with Crippen LogP contribution in [0.15, 0.2) is 18.3 Å². The predicted octanol–water partition coefficient (Wildman–Crippen LogP) is 3.16. The monoisotopic (exact) mass is 519 g/mol. The van der Waals surface area contributed by atoms with Crippen LogP contribution in [0.1, 0.15) is 44.6 Å². The normalized spacial score (nSPS) is 24.2. The number of anilines is 3. The van der Waals surface area contributed by atoms with Crippen LogP contribution in [0.2, 0.25) is 0 Å². The van der Waals surface area contributed by atoms with E-state index in [2.05, 4.69) is 25.6 Å². The average molecular weight is 520 g/mol. The molecule has 2 aliphatic rings. The van der Waals surface area contributed by atoms with Gasteiger partial charge in [0.2, 0.25) is 17.8 Å². The molecule has 1 aliphatic heterocycles. The number of aliphatic hydroxyl groups excluding tert-OH is 1. The van der Waals surface area contributed by atoms with E-state index in [1.54, 1.807) is 4.57 Å². The fourth-order valence-corrected chi connectivity index (χ4v) is 5.11. The Labute approximate surface area is 210 Å². The number of nitrogens with zero attached hydrogens (tertiary/aromatic N) is 4. The zero-order valence-corrected chi connectivity index (χ0v) is 20.0. The van der Waals surface area contributed by atoms with E-state index < -0.39 is 23.1 Å². The van der Waals surface area contributed by atoms with Gasteiger partial charge in [0, 0.05) is 36.7 Å². The second kappa shape index (κ2) is 10.5. The SMILES string of the molecule is NC(=O)[C@H]1CC[C@@H](n2c(Nc3c(F)cc(F)cc3F)nc3cnc(NC4CCO[C@H](CO)C4)nc32)CC1. The number of nitrogens with two attached hydrogens (primary N) is 1. The van der Waals surface area contributed by atoms with Gasteiger partial charge in [0.05, 0.1) is 18.9 Å². The molecule has 2 atom stereocenters. The van der Waals surface area contributed by atoms with E-state index in [-0.39, 0.29) is 42.6 Å². The zero-order chi connectivity index (χ0) is 26.1. The average Bonchev–Trinajstić information content (AvgIpc) is 3.23. The van der Waals surface area contributed by atoms with Crippen LogP contribution in [0.4, 0.5) is 30.8 Å². The summed E-state index contributed by atoms with van der Waals surface area (Å²) in [6, 6.07) is 0.988. The van der Waals surface area contributed by atoms with Crippen LogP contribution in [0.5, 0.6) is 0 Å². The van der Waals surface area contributed by atoms with Crippen LogP contribution in [-0.2, 0) is 9.53 Å². The molecule has 0 bridgehead atoms. The van der Waals surface area contributed by atoms with E-state index in [9.17, 15) is 23.1 Å². The summed E-state index contributed by atoms with van der Waals surface area (Å²) in [6.45, 7) is 0.416. The number of fused-ring (bicyclic) bond motifs is 1. The van der Waals surface area contributed by atoms with Crippen molar-refractivity contribution in [3.8, 4) is 0 Å². The van der Waals surface area contributed by atoms with Gasteiger partial charge in [-0.25, -0.2) is 23.1 Å².